The monoisotopic (exact) mass is 310 g/mol. The van der Waals surface area contributed by atoms with Gasteiger partial charge in [0, 0.05) is 9.13 Å². The highest BCUT2D eigenvalue weighted by molar-refractivity contribution is 14.1. The molecule has 1 aromatic rings. The van der Waals surface area contributed by atoms with Gasteiger partial charge in [0.15, 0.2) is 6.29 Å². The van der Waals surface area contributed by atoms with Crippen LogP contribution in [0.5, 0.6) is 0 Å². The van der Waals surface area contributed by atoms with Crippen LogP contribution in [0, 0.1) is 3.57 Å². The molecule has 2 rings (SSSR count). The first-order valence-electron chi connectivity index (χ1n) is 3.95. The molecule has 1 aromatic carbocycles. The zero-order chi connectivity index (χ0) is 9.26. The highest BCUT2D eigenvalue weighted by Crippen LogP contribution is 2.27. The molecule has 0 amide bonds. The molecular formula is C9H8ClIO2. The van der Waals surface area contributed by atoms with E-state index in [1.807, 2.05) is 18.2 Å². The van der Waals surface area contributed by atoms with Crippen molar-refractivity contribution in [1.29, 1.82) is 0 Å². The van der Waals surface area contributed by atoms with E-state index in [0.717, 1.165) is 14.2 Å². The van der Waals surface area contributed by atoms with Gasteiger partial charge in [0.05, 0.1) is 18.2 Å². The molecule has 0 atom stereocenters. The fourth-order valence-electron chi connectivity index (χ4n) is 1.21. The van der Waals surface area contributed by atoms with Crippen molar-refractivity contribution in [3.63, 3.8) is 0 Å². The normalized spacial score (nSPS) is 18.0. The fourth-order valence-corrected chi connectivity index (χ4v) is 1.87. The average molecular weight is 311 g/mol. The van der Waals surface area contributed by atoms with E-state index in [1.54, 1.807) is 0 Å². The van der Waals surface area contributed by atoms with Gasteiger partial charge in [0.2, 0.25) is 0 Å². The van der Waals surface area contributed by atoms with Crippen LogP contribution in [-0.2, 0) is 9.47 Å². The van der Waals surface area contributed by atoms with Crippen LogP contribution in [0.4, 0.5) is 0 Å². The van der Waals surface area contributed by atoms with Crippen molar-refractivity contribution in [2.75, 3.05) is 13.2 Å². The molecule has 0 aliphatic carbocycles. The molecule has 1 aliphatic rings. The Hall–Kier alpha value is 0.160. The van der Waals surface area contributed by atoms with Crippen LogP contribution in [0.15, 0.2) is 18.2 Å². The molecule has 4 heteroatoms. The summed E-state index contributed by atoms with van der Waals surface area (Å²) in [5.74, 6) is 0. The number of benzene rings is 1. The Morgan fingerprint density at radius 3 is 2.62 bits per heavy atom. The molecule has 0 N–H and O–H groups in total. The molecule has 0 saturated carbocycles. The lowest BCUT2D eigenvalue weighted by atomic mass is 10.2. The first kappa shape index (κ1) is 9.71. The summed E-state index contributed by atoms with van der Waals surface area (Å²) >= 11 is 8.09. The number of hydrogen-bond acceptors (Lipinski definition) is 2. The highest BCUT2D eigenvalue weighted by Gasteiger charge is 2.18. The Morgan fingerprint density at radius 1 is 1.31 bits per heavy atom. The molecule has 0 unspecified atom stereocenters. The van der Waals surface area contributed by atoms with Crippen molar-refractivity contribution in [2.24, 2.45) is 0 Å². The molecule has 2 nitrogen and oxygen atoms in total. The van der Waals surface area contributed by atoms with Crippen LogP contribution in [0.3, 0.4) is 0 Å². The Labute approximate surface area is 95.3 Å². The van der Waals surface area contributed by atoms with Crippen molar-refractivity contribution >= 4 is 34.2 Å². The van der Waals surface area contributed by atoms with E-state index >= 15 is 0 Å². The lowest BCUT2D eigenvalue weighted by Gasteiger charge is -2.09. The fraction of sp³-hybridized carbons (Fsp3) is 0.333. The molecule has 1 fully saturated rings. The Morgan fingerprint density at radius 2 is 2.00 bits per heavy atom. The Kier molecular flexibility index (Phi) is 3.08. The van der Waals surface area contributed by atoms with E-state index in [2.05, 4.69) is 22.6 Å². The quantitative estimate of drug-likeness (QED) is 0.743. The van der Waals surface area contributed by atoms with Gasteiger partial charge < -0.3 is 9.47 Å². The van der Waals surface area contributed by atoms with Gasteiger partial charge in [-0.3, -0.25) is 0 Å². The minimum atomic E-state index is -0.203. The third-order valence-corrected chi connectivity index (χ3v) is 3.38. The largest absolute Gasteiger partial charge is 0.346 e. The lowest BCUT2D eigenvalue weighted by molar-refractivity contribution is -0.0441. The minimum Gasteiger partial charge on any atom is -0.346 e. The van der Waals surface area contributed by atoms with E-state index in [9.17, 15) is 0 Å². The van der Waals surface area contributed by atoms with Gasteiger partial charge in [-0.15, -0.1) is 0 Å². The maximum atomic E-state index is 5.90. The Balaban J connectivity index is 2.25. The van der Waals surface area contributed by atoms with Crippen molar-refractivity contribution in [3.8, 4) is 0 Å². The third kappa shape index (κ3) is 2.15. The van der Waals surface area contributed by atoms with Crippen molar-refractivity contribution in [3.05, 3.63) is 32.4 Å². The third-order valence-electron chi connectivity index (χ3n) is 1.84. The molecule has 1 heterocycles. The first-order valence-corrected chi connectivity index (χ1v) is 5.41. The smallest absolute Gasteiger partial charge is 0.184 e. The predicted octanol–water partition coefficient (Wildman–Crippen LogP) is 2.99. The van der Waals surface area contributed by atoms with Gasteiger partial charge >= 0.3 is 0 Å². The number of rotatable bonds is 1. The molecule has 0 radical (unpaired) electrons. The molecular weight excluding hydrogens is 302 g/mol. The second-order valence-electron chi connectivity index (χ2n) is 2.75. The van der Waals surface area contributed by atoms with Gasteiger partial charge in [-0.25, -0.2) is 0 Å². The van der Waals surface area contributed by atoms with E-state index in [1.165, 1.54) is 0 Å². The standard InChI is InChI=1S/C9H8ClIO2/c10-7-2-1-6(5-8(7)11)9-12-3-4-13-9/h1-2,5,9H,3-4H2. The van der Waals surface area contributed by atoms with Gasteiger partial charge in [-0.05, 0) is 34.7 Å². The van der Waals surface area contributed by atoms with E-state index < -0.39 is 0 Å². The molecule has 1 aliphatic heterocycles. The second kappa shape index (κ2) is 4.13. The first-order chi connectivity index (χ1) is 6.27. The summed E-state index contributed by atoms with van der Waals surface area (Å²) in [5.41, 5.74) is 1.03. The molecule has 70 valence electrons. The van der Waals surface area contributed by atoms with Crippen LogP contribution >= 0.6 is 34.2 Å². The summed E-state index contributed by atoms with van der Waals surface area (Å²) in [4.78, 5) is 0. The number of hydrogen-bond donors (Lipinski definition) is 0. The van der Waals surface area contributed by atoms with Crippen molar-refractivity contribution in [1.82, 2.24) is 0 Å². The summed E-state index contributed by atoms with van der Waals surface area (Å²) in [7, 11) is 0. The van der Waals surface area contributed by atoms with Crippen molar-refractivity contribution < 1.29 is 9.47 Å². The summed E-state index contributed by atoms with van der Waals surface area (Å²) in [6.07, 6.45) is -0.203. The topological polar surface area (TPSA) is 18.5 Å². The number of halogens is 2. The molecule has 0 aromatic heterocycles. The van der Waals surface area contributed by atoms with Crippen LogP contribution in [0.1, 0.15) is 11.9 Å². The predicted molar refractivity (Wildman–Crippen MR) is 58.8 cm³/mol. The zero-order valence-corrected chi connectivity index (χ0v) is 9.71. The van der Waals surface area contributed by atoms with Gasteiger partial charge in [-0.2, -0.15) is 0 Å². The SMILES string of the molecule is Clc1ccc(C2OCCO2)cc1I. The van der Waals surface area contributed by atoms with E-state index in [4.69, 9.17) is 21.1 Å². The maximum absolute atomic E-state index is 5.90. The van der Waals surface area contributed by atoms with Crippen LogP contribution < -0.4 is 0 Å². The molecule has 13 heavy (non-hydrogen) atoms. The summed E-state index contributed by atoms with van der Waals surface area (Å²) in [6, 6.07) is 5.78. The van der Waals surface area contributed by atoms with Gasteiger partial charge in [-0.1, -0.05) is 17.7 Å². The van der Waals surface area contributed by atoms with Gasteiger partial charge in [0.25, 0.3) is 0 Å². The van der Waals surface area contributed by atoms with E-state index in [0.29, 0.717) is 13.2 Å². The van der Waals surface area contributed by atoms with E-state index in [-0.39, 0.29) is 6.29 Å². The summed E-state index contributed by atoms with van der Waals surface area (Å²) in [5, 5.41) is 0.766. The molecule has 0 spiro atoms. The van der Waals surface area contributed by atoms with Crippen LogP contribution in [0.2, 0.25) is 5.02 Å². The minimum absolute atomic E-state index is 0.203. The zero-order valence-electron chi connectivity index (χ0n) is 6.80. The Bertz CT molecular complexity index is 310. The van der Waals surface area contributed by atoms with Crippen molar-refractivity contribution in [2.45, 2.75) is 6.29 Å². The average Bonchev–Trinajstić information content (AvgIpc) is 2.62. The van der Waals surface area contributed by atoms with Gasteiger partial charge in [0.1, 0.15) is 0 Å². The number of ether oxygens (including phenoxy) is 2. The lowest BCUT2D eigenvalue weighted by Crippen LogP contribution is -1.98. The second-order valence-corrected chi connectivity index (χ2v) is 4.32. The molecule has 1 saturated heterocycles. The van der Waals surface area contributed by atoms with Crippen LogP contribution in [0.25, 0.3) is 0 Å². The summed E-state index contributed by atoms with van der Waals surface area (Å²) in [6.45, 7) is 1.34. The molecule has 0 bridgehead atoms. The van der Waals surface area contributed by atoms with Crippen LogP contribution in [-0.4, -0.2) is 13.2 Å². The maximum Gasteiger partial charge on any atom is 0.184 e. The highest BCUT2D eigenvalue weighted by atomic mass is 127. The summed E-state index contributed by atoms with van der Waals surface area (Å²) < 4.78 is 11.8.